The zero-order valence-corrected chi connectivity index (χ0v) is 16.6. The number of benzene rings is 2. The van der Waals surface area contributed by atoms with Crippen molar-refractivity contribution in [1.29, 1.82) is 0 Å². The van der Waals surface area contributed by atoms with Crippen LogP contribution in [0, 0.1) is 6.92 Å². The van der Waals surface area contributed by atoms with Gasteiger partial charge in [-0.25, -0.2) is 5.43 Å². The van der Waals surface area contributed by atoms with E-state index in [0.29, 0.717) is 28.4 Å². The fourth-order valence-corrected chi connectivity index (χ4v) is 2.47. The van der Waals surface area contributed by atoms with Crippen molar-refractivity contribution in [3.63, 3.8) is 0 Å². The van der Waals surface area contributed by atoms with Crippen LogP contribution in [-0.4, -0.2) is 51.0 Å². The number of amides is 2. The predicted octanol–water partition coefficient (Wildman–Crippen LogP) is 1.61. The summed E-state index contributed by atoms with van der Waals surface area (Å²) in [6.07, 6.45) is 1.32. The van der Waals surface area contributed by atoms with E-state index in [1.807, 2.05) is 0 Å². The van der Waals surface area contributed by atoms with Crippen molar-refractivity contribution in [3.8, 4) is 23.0 Å². The van der Waals surface area contributed by atoms with Crippen LogP contribution in [0.25, 0.3) is 0 Å². The van der Waals surface area contributed by atoms with Crippen LogP contribution in [0.15, 0.2) is 35.4 Å². The number of nitrogens with one attached hydrogen (secondary N) is 2. The fourth-order valence-electron chi connectivity index (χ4n) is 2.47. The highest BCUT2D eigenvalue weighted by atomic mass is 16.5. The van der Waals surface area contributed by atoms with Gasteiger partial charge in [-0.3, -0.25) is 9.59 Å². The topological polar surface area (TPSA) is 118 Å². The number of phenols is 1. The van der Waals surface area contributed by atoms with E-state index in [1.54, 1.807) is 25.1 Å². The molecule has 0 aliphatic rings. The van der Waals surface area contributed by atoms with Gasteiger partial charge in [-0.15, -0.1) is 0 Å². The smallest absolute Gasteiger partial charge is 0.259 e. The minimum Gasteiger partial charge on any atom is -0.507 e. The molecule has 0 atom stereocenters. The van der Waals surface area contributed by atoms with Crippen LogP contribution < -0.4 is 25.0 Å². The van der Waals surface area contributed by atoms with Crippen molar-refractivity contribution < 1.29 is 28.9 Å². The maximum absolute atomic E-state index is 12.3. The summed E-state index contributed by atoms with van der Waals surface area (Å²) < 4.78 is 15.6. The SMILES string of the molecule is COc1cc(C(=O)NCC(=O)NN=Cc2cccc(C)c2O)cc(OC)c1OC. The van der Waals surface area contributed by atoms with Gasteiger partial charge in [0, 0.05) is 11.1 Å². The van der Waals surface area contributed by atoms with E-state index in [1.165, 1.54) is 39.7 Å². The van der Waals surface area contributed by atoms with Gasteiger partial charge in [-0.2, -0.15) is 5.10 Å². The zero-order chi connectivity index (χ0) is 21.4. The van der Waals surface area contributed by atoms with Crippen LogP contribution in [-0.2, 0) is 4.79 Å². The van der Waals surface area contributed by atoms with Gasteiger partial charge in [0.1, 0.15) is 5.75 Å². The first kappa shape index (κ1) is 21.5. The highest BCUT2D eigenvalue weighted by Gasteiger charge is 2.17. The van der Waals surface area contributed by atoms with E-state index in [4.69, 9.17) is 14.2 Å². The first-order valence-corrected chi connectivity index (χ1v) is 8.60. The summed E-state index contributed by atoms with van der Waals surface area (Å²) in [5.74, 6) is 0.0566. The third-order valence-electron chi connectivity index (χ3n) is 4.00. The number of para-hydroxylation sites is 1. The summed E-state index contributed by atoms with van der Waals surface area (Å²) in [4.78, 5) is 24.2. The second-order valence-electron chi connectivity index (χ2n) is 5.90. The van der Waals surface area contributed by atoms with Gasteiger partial charge < -0.3 is 24.6 Å². The van der Waals surface area contributed by atoms with E-state index < -0.39 is 11.8 Å². The first-order chi connectivity index (χ1) is 13.9. The van der Waals surface area contributed by atoms with Crippen LogP contribution >= 0.6 is 0 Å². The Labute approximate surface area is 168 Å². The van der Waals surface area contributed by atoms with E-state index in [2.05, 4.69) is 15.8 Å². The van der Waals surface area contributed by atoms with Gasteiger partial charge in [-0.05, 0) is 30.7 Å². The Hall–Kier alpha value is -3.75. The van der Waals surface area contributed by atoms with Crippen LogP contribution in [0.1, 0.15) is 21.5 Å². The lowest BCUT2D eigenvalue weighted by Crippen LogP contribution is -2.34. The molecule has 0 aliphatic carbocycles. The molecule has 154 valence electrons. The van der Waals surface area contributed by atoms with Crippen molar-refractivity contribution >= 4 is 18.0 Å². The molecule has 0 heterocycles. The fraction of sp³-hybridized carbons (Fsp3) is 0.250. The lowest BCUT2D eigenvalue weighted by molar-refractivity contribution is -0.120. The van der Waals surface area contributed by atoms with Crippen LogP contribution in [0.4, 0.5) is 0 Å². The summed E-state index contributed by atoms with van der Waals surface area (Å²) in [6.45, 7) is 1.45. The number of aryl methyl sites for hydroxylation is 1. The number of hydrazone groups is 1. The van der Waals surface area contributed by atoms with Crippen molar-refractivity contribution in [2.24, 2.45) is 5.10 Å². The molecule has 2 aromatic rings. The Balaban J connectivity index is 1.97. The molecule has 0 fully saturated rings. The normalized spacial score (nSPS) is 10.5. The van der Waals surface area contributed by atoms with Crippen LogP contribution in [0.3, 0.4) is 0 Å². The molecule has 0 radical (unpaired) electrons. The number of hydrogen-bond donors (Lipinski definition) is 3. The highest BCUT2D eigenvalue weighted by Crippen LogP contribution is 2.38. The first-order valence-electron chi connectivity index (χ1n) is 8.60. The number of methoxy groups -OCH3 is 3. The standard InChI is InChI=1S/C20H23N3O6/c1-12-6-5-7-13(18(12)25)10-22-23-17(24)11-21-20(26)14-8-15(27-2)19(29-4)16(9-14)28-3/h5-10,25H,11H2,1-4H3,(H,21,26)(H,23,24). The molecule has 2 rings (SSSR count). The third-order valence-corrected chi connectivity index (χ3v) is 4.00. The lowest BCUT2D eigenvalue weighted by atomic mass is 10.1. The Morgan fingerprint density at radius 3 is 2.34 bits per heavy atom. The number of carbonyl (C=O) groups is 2. The summed E-state index contributed by atoms with van der Waals surface area (Å²) in [5.41, 5.74) is 3.68. The van der Waals surface area contributed by atoms with Crippen molar-refractivity contribution in [3.05, 3.63) is 47.0 Å². The Bertz CT molecular complexity index is 901. The van der Waals surface area contributed by atoms with Gasteiger partial charge in [0.15, 0.2) is 11.5 Å². The third kappa shape index (κ3) is 5.38. The molecule has 3 N–H and O–H groups in total. The van der Waals surface area contributed by atoms with Gasteiger partial charge in [-0.1, -0.05) is 12.1 Å². The van der Waals surface area contributed by atoms with Gasteiger partial charge in [0.2, 0.25) is 5.75 Å². The Morgan fingerprint density at radius 1 is 1.10 bits per heavy atom. The maximum atomic E-state index is 12.3. The summed E-state index contributed by atoms with van der Waals surface area (Å²) in [7, 11) is 4.34. The lowest BCUT2D eigenvalue weighted by Gasteiger charge is -2.14. The van der Waals surface area contributed by atoms with E-state index in [9.17, 15) is 14.7 Å². The Morgan fingerprint density at radius 2 is 1.76 bits per heavy atom. The molecule has 2 amide bonds. The second kappa shape index (κ2) is 9.98. The second-order valence-corrected chi connectivity index (χ2v) is 5.90. The van der Waals surface area contributed by atoms with Crippen molar-refractivity contribution in [2.45, 2.75) is 6.92 Å². The van der Waals surface area contributed by atoms with Crippen molar-refractivity contribution in [1.82, 2.24) is 10.7 Å². The molecule has 2 aromatic carbocycles. The van der Waals surface area contributed by atoms with E-state index in [0.717, 1.165) is 0 Å². The van der Waals surface area contributed by atoms with E-state index in [-0.39, 0.29) is 17.9 Å². The molecule has 0 saturated carbocycles. The average Bonchev–Trinajstić information content (AvgIpc) is 2.73. The quantitative estimate of drug-likeness (QED) is 0.457. The molecule has 0 saturated heterocycles. The minimum absolute atomic E-state index is 0.0844. The number of hydrogen-bond acceptors (Lipinski definition) is 7. The molecule has 0 aliphatic heterocycles. The molecule has 0 bridgehead atoms. The number of phenolic OH excluding ortho intramolecular Hbond substituents is 1. The van der Waals surface area contributed by atoms with Crippen LogP contribution in [0.2, 0.25) is 0 Å². The number of carbonyl (C=O) groups excluding carboxylic acids is 2. The number of ether oxygens (including phenoxy) is 3. The van der Waals surface area contributed by atoms with Gasteiger partial charge in [0.05, 0.1) is 34.1 Å². The summed E-state index contributed by atoms with van der Waals surface area (Å²) >= 11 is 0. The largest absolute Gasteiger partial charge is 0.507 e. The average molecular weight is 401 g/mol. The molecular weight excluding hydrogens is 378 g/mol. The summed E-state index contributed by atoms with van der Waals surface area (Å²) in [5, 5.41) is 16.2. The molecule has 9 nitrogen and oxygen atoms in total. The zero-order valence-electron chi connectivity index (χ0n) is 16.6. The number of rotatable bonds is 8. The van der Waals surface area contributed by atoms with Gasteiger partial charge in [0.25, 0.3) is 11.8 Å². The van der Waals surface area contributed by atoms with Crippen LogP contribution in [0.5, 0.6) is 23.0 Å². The van der Waals surface area contributed by atoms with Gasteiger partial charge >= 0.3 is 0 Å². The number of nitrogens with zero attached hydrogens (tertiary/aromatic N) is 1. The molecular formula is C20H23N3O6. The molecule has 9 heteroatoms. The van der Waals surface area contributed by atoms with E-state index >= 15 is 0 Å². The molecule has 0 aromatic heterocycles. The predicted molar refractivity (Wildman–Crippen MR) is 107 cm³/mol. The minimum atomic E-state index is -0.533. The summed E-state index contributed by atoms with van der Waals surface area (Å²) in [6, 6.07) is 8.13. The molecule has 0 spiro atoms. The maximum Gasteiger partial charge on any atom is 0.259 e. The number of aromatic hydroxyl groups is 1. The highest BCUT2D eigenvalue weighted by molar-refractivity contribution is 5.97. The Kier molecular flexibility index (Phi) is 7.41. The monoisotopic (exact) mass is 401 g/mol. The molecule has 0 unspecified atom stereocenters. The molecule has 29 heavy (non-hydrogen) atoms. The van der Waals surface area contributed by atoms with Crippen molar-refractivity contribution in [2.75, 3.05) is 27.9 Å².